The van der Waals surface area contributed by atoms with Crippen molar-refractivity contribution in [2.75, 3.05) is 4.72 Å². The third-order valence-electron chi connectivity index (χ3n) is 3.27. The molecule has 0 aliphatic rings. The normalized spacial score (nSPS) is 11.4. The maximum absolute atomic E-state index is 14.7. The number of nitrogens with zero attached hydrogens (tertiary/aromatic N) is 2. The zero-order valence-electron chi connectivity index (χ0n) is 13.3. The van der Waals surface area contributed by atoms with E-state index in [4.69, 9.17) is 23.2 Å². The minimum absolute atomic E-state index is 0.167. The van der Waals surface area contributed by atoms with Crippen molar-refractivity contribution in [1.82, 2.24) is 9.97 Å². The van der Waals surface area contributed by atoms with E-state index in [-0.39, 0.29) is 21.3 Å². The number of nitrogens with one attached hydrogen (secondary N) is 1. The predicted molar refractivity (Wildman–Crippen MR) is 101 cm³/mol. The molecule has 3 rings (SSSR count). The van der Waals surface area contributed by atoms with Crippen LogP contribution in [0.15, 0.2) is 53.8 Å². The van der Waals surface area contributed by atoms with E-state index in [0.717, 1.165) is 12.1 Å². The van der Waals surface area contributed by atoms with Crippen LogP contribution in [0.5, 0.6) is 0 Å². The predicted octanol–water partition coefficient (Wildman–Crippen LogP) is 4.60. The molecule has 1 N–H and O–H groups in total. The second-order valence-electron chi connectivity index (χ2n) is 5.07. The van der Waals surface area contributed by atoms with Crippen LogP contribution in [0.3, 0.4) is 0 Å². The van der Waals surface area contributed by atoms with Crippen LogP contribution in [-0.4, -0.2) is 14.5 Å². The van der Waals surface area contributed by atoms with Crippen LogP contribution in [0.1, 0.15) is 11.3 Å². The molecule has 1 atom stereocenters. The Labute approximate surface area is 166 Å². The summed E-state index contributed by atoms with van der Waals surface area (Å²) in [7, 11) is 0. The van der Waals surface area contributed by atoms with Gasteiger partial charge in [-0.2, -0.15) is 0 Å². The van der Waals surface area contributed by atoms with Gasteiger partial charge in [0.1, 0.15) is 28.6 Å². The highest BCUT2D eigenvalue weighted by Gasteiger charge is 2.21. The van der Waals surface area contributed by atoms with E-state index >= 15 is 0 Å². The number of aromatic nitrogens is 2. The molecular formula is C18H9Cl2F2N3OS. The summed E-state index contributed by atoms with van der Waals surface area (Å²) in [5.41, 5.74) is -0.432. The summed E-state index contributed by atoms with van der Waals surface area (Å²) in [5.74, 6) is 3.06. The highest BCUT2D eigenvalue weighted by Crippen LogP contribution is 2.28. The summed E-state index contributed by atoms with van der Waals surface area (Å²) in [6, 6.07) is 6.53. The van der Waals surface area contributed by atoms with E-state index in [2.05, 4.69) is 26.5 Å². The van der Waals surface area contributed by atoms with Crippen molar-refractivity contribution in [1.29, 1.82) is 0 Å². The molecule has 0 fully saturated rings. The van der Waals surface area contributed by atoms with Crippen molar-refractivity contribution in [2.24, 2.45) is 0 Å². The van der Waals surface area contributed by atoms with Gasteiger partial charge in [-0.3, -0.25) is 4.98 Å². The van der Waals surface area contributed by atoms with E-state index in [1.807, 2.05) is 0 Å². The van der Waals surface area contributed by atoms with Gasteiger partial charge in [-0.05, 0) is 30.2 Å². The van der Waals surface area contributed by atoms with Crippen LogP contribution in [0, 0.1) is 23.5 Å². The lowest BCUT2D eigenvalue weighted by atomic mass is 10.1. The van der Waals surface area contributed by atoms with Crippen molar-refractivity contribution in [2.45, 2.75) is 4.90 Å². The van der Waals surface area contributed by atoms with E-state index < -0.39 is 28.6 Å². The first-order valence-corrected chi connectivity index (χ1v) is 9.26. The third kappa shape index (κ3) is 4.67. The summed E-state index contributed by atoms with van der Waals surface area (Å²) in [5, 5.41) is 0.509. The van der Waals surface area contributed by atoms with Crippen molar-refractivity contribution >= 4 is 40.3 Å². The van der Waals surface area contributed by atoms with Gasteiger partial charge in [0.15, 0.2) is 10.7 Å². The molecule has 9 heteroatoms. The molecule has 0 saturated heterocycles. The lowest BCUT2D eigenvalue weighted by molar-refractivity contribution is 0.578. The molecule has 3 aromatic rings. The molecule has 1 unspecified atom stereocenters. The van der Waals surface area contributed by atoms with E-state index in [9.17, 15) is 13.3 Å². The maximum Gasteiger partial charge on any atom is 0.199 e. The van der Waals surface area contributed by atoms with Crippen LogP contribution in [0.25, 0.3) is 0 Å². The van der Waals surface area contributed by atoms with Gasteiger partial charge in [-0.25, -0.2) is 18.5 Å². The summed E-state index contributed by atoms with van der Waals surface area (Å²) in [6.07, 6.45) is 4.22. The fraction of sp³-hybridized carbons (Fsp3) is 0. The van der Waals surface area contributed by atoms with Gasteiger partial charge in [0.05, 0.1) is 16.8 Å². The van der Waals surface area contributed by atoms with Crippen LogP contribution in [-0.2, 0) is 11.4 Å². The average molecular weight is 424 g/mol. The van der Waals surface area contributed by atoms with Crippen LogP contribution in [0.2, 0.25) is 10.0 Å². The molecule has 0 radical (unpaired) electrons. The quantitative estimate of drug-likeness (QED) is 0.494. The maximum atomic E-state index is 14.7. The molecule has 0 aliphatic heterocycles. The third-order valence-corrected chi connectivity index (χ3v) is 5.08. The number of anilines is 1. The molecule has 4 nitrogen and oxygen atoms in total. The van der Waals surface area contributed by atoms with E-state index in [1.54, 1.807) is 0 Å². The topological polar surface area (TPSA) is 60.9 Å². The summed E-state index contributed by atoms with van der Waals surface area (Å²) >= 11 is 9.94. The smallest absolute Gasteiger partial charge is 0.199 e. The molecule has 136 valence electrons. The Morgan fingerprint density at radius 2 is 1.89 bits per heavy atom. The number of benzene rings is 2. The largest absolute Gasteiger partial charge is 0.588 e. The van der Waals surface area contributed by atoms with Gasteiger partial charge in [0, 0.05) is 23.5 Å². The first-order chi connectivity index (χ1) is 13.0. The Bertz CT molecular complexity index is 1040. The zero-order valence-corrected chi connectivity index (χ0v) is 15.7. The number of halogens is 4. The van der Waals surface area contributed by atoms with Gasteiger partial charge < -0.3 is 4.55 Å². The number of hydrogen-bond donors (Lipinski definition) is 1. The Morgan fingerprint density at radius 1 is 1.07 bits per heavy atom. The van der Waals surface area contributed by atoms with E-state index in [0.29, 0.717) is 5.02 Å². The second-order valence-corrected chi connectivity index (χ2v) is 7.10. The van der Waals surface area contributed by atoms with Gasteiger partial charge in [-0.1, -0.05) is 29.1 Å². The lowest BCUT2D eigenvalue weighted by Crippen LogP contribution is -2.15. The highest BCUT2D eigenvalue weighted by molar-refractivity contribution is 7.92. The lowest BCUT2D eigenvalue weighted by Gasteiger charge is -2.14. The first-order valence-electron chi connectivity index (χ1n) is 7.35. The van der Waals surface area contributed by atoms with Crippen molar-refractivity contribution in [3.05, 3.63) is 81.9 Å². The van der Waals surface area contributed by atoms with Gasteiger partial charge in [0.2, 0.25) is 0 Å². The molecule has 1 heterocycles. The molecule has 0 aliphatic carbocycles. The van der Waals surface area contributed by atoms with Crippen molar-refractivity contribution in [3.8, 4) is 11.8 Å². The SMILES string of the molecule is [O-][S+](Nc1ccc(F)c(C#Cc2cnccn2)c1F)c1cc(Cl)ccc1Cl. The fourth-order valence-corrected chi connectivity index (χ4v) is 3.52. The zero-order chi connectivity index (χ0) is 19.4. The molecule has 2 aromatic carbocycles. The highest BCUT2D eigenvalue weighted by atomic mass is 35.5. The minimum atomic E-state index is -1.92. The number of rotatable bonds is 3. The van der Waals surface area contributed by atoms with Crippen molar-refractivity contribution < 1.29 is 13.3 Å². The van der Waals surface area contributed by atoms with Crippen LogP contribution >= 0.6 is 23.2 Å². The molecule has 0 saturated carbocycles. The summed E-state index contributed by atoms with van der Waals surface area (Å²) in [6.45, 7) is 0. The Hall–Kier alpha value is -2.37. The molecular weight excluding hydrogens is 415 g/mol. The Kier molecular flexibility index (Phi) is 6.14. The fourth-order valence-electron chi connectivity index (χ4n) is 2.01. The second kappa shape index (κ2) is 8.55. The van der Waals surface area contributed by atoms with Gasteiger partial charge in [0.25, 0.3) is 0 Å². The monoisotopic (exact) mass is 423 g/mol. The van der Waals surface area contributed by atoms with Crippen molar-refractivity contribution in [3.63, 3.8) is 0 Å². The van der Waals surface area contributed by atoms with Gasteiger partial charge in [-0.15, -0.1) is 0 Å². The van der Waals surface area contributed by atoms with Crippen LogP contribution < -0.4 is 4.72 Å². The summed E-state index contributed by atoms with van der Waals surface area (Å²) in [4.78, 5) is 7.90. The Balaban J connectivity index is 1.91. The molecule has 0 amide bonds. The summed E-state index contributed by atoms with van der Waals surface area (Å²) < 4.78 is 43.6. The Morgan fingerprint density at radius 3 is 2.63 bits per heavy atom. The average Bonchev–Trinajstić information content (AvgIpc) is 2.66. The van der Waals surface area contributed by atoms with Gasteiger partial charge >= 0.3 is 0 Å². The molecule has 27 heavy (non-hydrogen) atoms. The first kappa shape index (κ1) is 19.4. The molecule has 0 bridgehead atoms. The molecule has 0 spiro atoms. The standard InChI is InChI=1S/C18H9Cl2F2N3OS/c19-11-1-4-14(20)17(9-11)27(26)25-16-6-5-15(21)13(18(16)22)3-2-12-10-23-7-8-24-12/h1,4-10,25H. The van der Waals surface area contributed by atoms with Crippen LogP contribution in [0.4, 0.5) is 14.5 Å². The molecule has 1 aromatic heterocycles. The van der Waals surface area contributed by atoms with E-state index in [1.165, 1.54) is 36.8 Å². The minimum Gasteiger partial charge on any atom is -0.588 e. The number of hydrogen-bond acceptors (Lipinski definition) is 4.